The number of hydrogen-bond donors (Lipinski definition) is 1. The third-order valence-electron chi connectivity index (χ3n) is 3.07. The maximum atomic E-state index is 11.1. The van der Waals surface area contributed by atoms with Crippen LogP contribution in [0.25, 0.3) is 11.1 Å². The quantitative estimate of drug-likeness (QED) is 0.798. The minimum atomic E-state index is -0.367. The Morgan fingerprint density at radius 3 is 2.57 bits per heavy atom. The normalized spacial score (nSPS) is 10.3. The third-order valence-corrected chi connectivity index (χ3v) is 3.07. The predicted molar refractivity (Wildman–Crippen MR) is 81.1 cm³/mol. The van der Waals surface area contributed by atoms with Crippen LogP contribution >= 0.6 is 0 Å². The van der Waals surface area contributed by atoms with Crippen LogP contribution in [0.4, 0.5) is 0 Å². The second-order valence-electron chi connectivity index (χ2n) is 4.58. The van der Waals surface area contributed by atoms with E-state index in [0.717, 1.165) is 16.9 Å². The molecule has 0 aliphatic carbocycles. The van der Waals surface area contributed by atoms with Crippen LogP contribution in [0.2, 0.25) is 0 Å². The van der Waals surface area contributed by atoms with Crippen molar-refractivity contribution in [2.24, 2.45) is 0 Å². The molecule has 0 spiro atoms. The van der Waals surface area contributed by atoms with Gasteiger partial charge in [-0.2, -0.15) is 0 Å². The topological polar surface area (TPSA) is 55.0 Å². The van der Waals surface area contributed by atoms with E-state index < -0.39 is 0 Å². The molecule has 0 fully saturated rings. The minimum absolute atomic E-state index is 0.302. The molecule has 0 aliphatic heterocycles. The lowest BCUT2D eigenvalue weighted by Gasteiger charge is -2.08. The Bertz CT molecular complexity index is 782. The summed E-state index contributed by atoms with van der Waals surface area (Å²) in [5.74, 6) is 0.758. The Morgan fingerprint density at radius 1 is 0.952 bits per heavy atom. The highest BCUT2D eigenvalue weighted by Gasteiger charge is 2.01. The summed E-state index contributed by atoms with van der Waals surface area (Å²) in [5.41, 5.74) is 2.56. The van der Waals surface area contributed by atoms with E-state index >= 15 is 0 Å². The van der Waals surface area contributed by atoms with Gasteiger partial charge in [0.05, 0.1) is 5.69 Å². The van der Waals surface area contributed by atoms with Crippen molar-refractivity contribution in [1.82, 2.24) is 9.97 Å². The zero-order chi connectivity index (χ0) is 14.5. The van der Waals surface area contributed by atoms with Crippen LogP contribution in [-0.4, -0.2) is 9.97 Å². The van der Waals surface area contributed by atoms with Crippen LogP contribution < -0.4 is 10.4 Å². The first-order valence-electron chi connectivity index (χ1n) is 6.64. The number of nitrogens with zero attached hydrogens (tertiary/aromatic N) is 1. The lowest BCUT2D eigenvalue weighted by molar-refractivity contribution is 0.301. The fourth-order valence-corrected chi connectivity index (χ4v) is 2.05. The van der Waals surface area contributed by atoms with Crippen molar-refractivity contribution in [2.75, 3.05) is 0 Å². The summed E-state index contributed by atoms with van der Waals surface area (Å²) in [4.78, 5) is 17.3. The van der Waals surface area contributed by atoms with Gasteiger partial charge < -0.3 is 9.72 Å². The molecule has 1 N–H and O–H groups in total. The van der Waals surface area contributed by atoms with E-state index in [-0.39, 0.29) is 5.69 Å². The third kappa shape index (κ3) is 3.36. The second kappa shape index (κ2) is 6.05. The summed E-state index contributed by atoms with van der Waals surface area (Å²) in [5, 5.41) is 0. The van der Waals surface area contributed by atoms with Gasteiger partial charge in [-0.05, 0) is 29.3 Å². The summed E-state index contributed by atoms with van der Waals surface area (Å²) in [6, 6.07) is 19.7. The monoisotopic (exact) mass is 278 g/mol. The number of ether oxygens (including phenoxy) is 1. The summed E-state index contributed by atoms with van der Waals surface area (Å²) in [6.07, 6.45) is 1.47. The van der Waals surface area contributed by atoms with Crippen molar-refractivity contribution < 1.29 is 4.74 Å². The van der Waals surface area contributed by atoms with E-state index in [2.05, 4.69) is 22.1 Å². The number of hydrogen-bond acceptors (Lipinski definition) is 3. The number of H-pyrrole nitrogens is 1. The second-order valence-corrected chi connectivity index (χ2v) is 4.58. The van der Waals surface area contributed by atoms with Crippen molar-refractivity contribution in [3.8, 4) is 16.9 Å². The van der Waals surface area contributed by atoms with Crippen molar-refractivity contribution in [3.05, 3.63) is 83.0 Å². The molecule has 0 amide bonds. The Kier molecular flexibility index (Phi) is 3.78. The van der Waals surface area contributed by atoms with Crippen molar-refractivity contribution in [1.29, 1.82) is 0 Å². The van der Waals surface area contributed by atoms with Gasteiger partial charge >= 0.3 is 5.69 Å². The molecule has 104 valence electrons. The predicted octanol–water partition coefficient (Wildman–Crippen LogP) is 3.02. The average molecular weight is 278 g/mol. The molecule has 0 saturated heterocycles. The molecule has 21 heavy (non-hydrogen) atoms. The van der Waals surface area contributed by atoms with Gasteiger partial charge in [-0.15, -0.1) is 0 Å². The van der Waals surface area contributed by atoms with E-state index in [9.17, 15) is 4.79 Å². The van der Waals surface area contributed by atoms with E-state index in [1.165, 1.54) is 6.20 Å². The fourth-order valence-electron chi connectivity index (χ4n) is 2.05. The summed E-state index contributed by atoms with van der Waals surface area (Å²) < 4.78 is 5.71. The molecular formula is C17H14N2O2. The van der Waals surface area contributed by atoms with Gasteiger partial charge in [-0.3, -0.25) is 0 Å². The molecule has 0 atom stereocenters. The first-order chi connectivity index (χ1) is 10.3. The van der Waals surface area contributed by atoms with Crippen LogP contribution in [0.5, 0.6) is 5.75 Å². The SMILES string of the molecule is O=c1nccc(COc2cccc(-c3ccccc3)c2)[nH]1. The van der Waals surface area contributed by atoms with Gasteiger partial charge in [0.15, 0.2) is 0 Å². The Morgan fingerprint density at radius 2 is 1.76 bits per heavy atom. The van der Waals surface area contributed by atoms with E-state index in [1.807, 2.05) is 42.5 Å². The molecule has 0 saturated carbocycles. The Balaban J connectivity index is 1.76. The Hall–Kier alpha value is -2.88. The number of aromatic amines is 1. The van der Waals surface area contributed by atoms with Crippen LogP contribution in [0.1, 0.15) is 5.69 Å². The largest absolute Gasteiger partial charge is 0.487 e. The minimum Gasteiger partial charge on any atom is -0.487 e. The van der Waals surface area contributed by atoms with Gasteiger partial charge in [0.2, 0.25) is 0 Å². The van der Waals surface area contributed by atoms with Gasteiger partial charge in [0.25, 0.3) is 0 Å². The maximum absolute atomic E-state index is 11.1. The van der Waals surface area contributed by atoms with Crippen molar-refractivity contribution in [2.45, 2.75) is 6.61 Å². The molecule has 0 radical (unpaired) electrons. The molecule has 4 heteroatoms. The first kappa shape index (κ1) is 13.1. The Labute approximate surface area is 122 Å². The molecule has 0 unspecified atom stereocenters. The highest BCUT2D eigenvalue weighted by Crippen LogP contribution is 2.23. The number of rotatable bonds is 4. The summed E-state index contributed by atoms with van der Waals surface area (Å²) >= 11 is 0. The summed E-state index contributed by atoms with van der Waals surface area (Å²) in [7, 11) is 0. The molecule has 0 aliphatic rings. The molecule has 3 rings (SSSR count). The van der Waals surface area contributed by atoms with Gasteiger partial charge in [-0.1, -0.05) is 42.5 Å². The zero-order valence-corrected chi connectivity index (χ0v) is 11.3. The van der Waals surface area contributed by atoms with E-state index in [0.29, 0.717) is 12.3 Å². The van der Waals surface area contributed by atoms with Crippen LogP contribution in [0, 0.1) is 0 Å². The van der Waals surface area contributed by atoms with Crippen LogP contribution in [-0.2, 0) is 6.61 Å². The number of aromatic nitrogens is 2. The zero-order valence-electron chi connectivity index (χ0n) is 11.3. The first-order valence-corrected chi connectivity index (χ1v) is 6.64. The lowest BCUT2D eigenvalue weighted by Crippen LogP contribution is -2.12. The molecule has 1 heterocycles. The molecule has 0 bridgehead atoms. The molecule has 3 aromatic rings. The van der Waals surface area contributed by atoms with Gasteiger partial charge in [-0.25, -0.2) is 9.78 Å². The van der Waals surface area contributed by atoms with Crippen molar-refractivity contribution in [3.63, 3.8) is 0 Å². The molecule has 2 aromatic carbocycles. The standard InChI is InChI=1S/C17H14N2O2/c20-17-18-10-9-15(19-17)12-21-16-8-4-7-14(11-16)13-5-2-1-3-6-13/h1-11H,12H2,(H,18,19,20). The average Bonchev–Trinajstić information content (AvgIpc) is 2.54. The smallest absolute Gasteiger partial charge is 0.345 e. The van der Waals surface area contributed by atoms with E-state index in [4.69, 9.17) is 4.74 Å². The number of nitrogens with one attached hydrogen (secondary N) is 1. The highest BCUT2D eigenvalue weighted by molar-refractivity contribution is 5.64. The lowest BCUT2D eigenvalue weighted by atomic mass is 10.1. The molecule has 4 nitrogen and oxygen atoms in total. The maximum Gasteiger partial charge on any atom is 0.345 e. The fraction of sp³-hybridized carbons (Fsp3) is 0.0588. The van der Waals surface area contributed by atoms with Gasteiger partial charge in [0, 0.05) is 6.20 Å². The van der Waals surface area contributed by atoms with Gasteiger partial charge in [0.1, 0.15) is 12.4 Å². The van der Waals surface area contributed by atoms with Crippen molar-refractivity contribution >= 4 is 0 Å². The van der Waals surface area contributed by atoms with Crippen LogP contribution in [0.3, 0.4) is 0 Å². The molecular weight excluding hydrogens is 264 g/mol. The molecule has 1 aromatic heterocycles. The van der Waals surface area contributed by atoms with Crippen LogP contribution in [0.15, 0.2) is 71.7 Å². The summed E-state index contributed by atoms with van der Waals surface area (Å²) in [6.45, 7) is 0.302. The number of benzene rings is 2. The van der Waals surface area contributed by atoms with E-state index in [1.54, 1.807) is 6.07 Å². The highest BCUT2D eigenvalue weighted by atomic mass is 16.5.